The third kappa shape index (κ3) is 2.40. The molecular weight excluding hydrogens is 184 g/mol. The van der Waals surface area contributed by atoms with Crippen LogP contribution in [0.3, 0.4) is 0 Å². The smallest absolute Gasteiger partial charge is 0.0730 e. The van der Waals surface area contributed by atoms with Crippen molar-refractivity contribution < 1.29 is 4.74 Å². The lowest BCUT2D eigenvalue weighted by Gasteiger charge is -2.12. The van der Waals surface area contributed by atoms with Gasteiger partial charge in [0.15, 0.2) is 0 Å². The van der Waals surface area contributed by atoms with Crippen LogP contribution in [-0.4, -0.2) is 12.2 Å². The molecule has 0 N–H and O–H groups in total. The molecule has 0 heterocycles. The van der Waals surface area contributed by atoms with Crippen LogP contribution in [0, 0.1) is 0 Å². The average Bonchev–Trinajstić information content (AvgIpc) is 2.93. The van der Waals surface area contributed by atoms with Gasteiger partial charge in [0.2, 0.25) is 0 Å². The first-order valence-corrected chi connectivity index (χ1v) is 5.95. The van der Waals surface area contributed by atoms with Gasteiger partial charge in [-0.1, -0.05) is 43.7 Å². The van der Waals surface area contributed by atoms with Crippen LogP contribution in [-0.2, 0) is 4.74 Å². The van der Waals surface area contributed by atoms with Crippen LogP contribution < -0.4 is 0 Å². The Bertz CT molecular complexity index is 306. The second-order valence-electron chi connectivity index (χ2n) is 4.68. The molecule has 1 aliphatic carbocycles. The van der Waals surface area contributed by atoms with Gasteiger partial charge >= 0.3 is 0 Å². The third-order valence-corrected chi connectivity index (χ3v) is 3.32. The van der Waals surface area contributed by atoms with Crippen LogP contribution in [0.15, 0.2) is 30.3 Å². The molecule has 0 aliphatic heterocycles. The summed E-state index contributed by atoms with van der Waals surface area (Å²) in [5.74, 6) is 0.621. The minimum atomic E-state index is 0.122. The average molecular weight is 204 g/mol. The van der Waals surface area contributed by atoms with Gasteiger partial charge in [0.05, 0.1) is 5.60 Å². The zero-order valence-corrected chi connectivity index (χ0v) is 9.70. The molecule has 82 valence electrons. The van der Waals surface area contributed by atoms with Crippen molar-refractivity contribution >= 4 is 0 Å². The molecule has 2 atom stereocenters. The van der Waals surface area contributed by atoms with Gasteiger partial charge in [0, 0.05) is 12.5 Å². The normalized spacial score (nSPS) is 29.1. The highest BCUT2D eigenvalue weighted by atomic mass is 16.5. The highest BCUT2D eigenvalue weighted by Gasteiger charge is 2.51. The summed E-state index contributed by atoms with van der Waals surface area (Å²) in [4.78, 5) is 0. The Labute approximate surface area is 92.5 Å². The molecular formula is C14H20O. The molecule has 0 radical (unpaired) electrons. The molecule has 1 saturated carbocycles. The quantitative estimate of drug-likeness (QED) is 0.664. The summed E-state index contributed by atoms with van der Waals surface area (Å²) >= 11 is 0. The molecule has 15 heavy (non-hydrogen) atoms. The summed E-state index contributed by atoms with van der Waals surface area (Å²) in [7, 11) is 0. The monoisotopic (exact) mass is 204 g/mol. The van der Waals surface area contributed by atoms with Crippen molar-refractivity contribution in [3.63, 3.8) is 0 Å². The Kier molecular flexibility index (Phi) is 3.11. The van der Waals surface area contributed by atoms with Crippen LogP contribution in [0.5, 0.6) is 0 Å². The maximum Gasteiger partial charge on any atom is 0.0730 e. The Morgan fingerprint density at radius 3 is 2.73 bits per heavy atom. The van der Waals surface area contributed by atoms with E-state index in [0.717, 1.165) is 6.61 Å². The molecule has 0 saturated heterocycles. The van der Waals surface area contributed by atoms with Crippen molar-refractivity contribution in [1.82, 2.24) is 0 Å². The summed E-state index contributed by atoms with van der Waals surface area (Å²) in [5.41, 5.74) is 1.55. The molecule has 0 amide bonds. The molecule has 1 aromatic carbocycles. The lowest BCUT2D eigenvalue weighted by Crippen LogP contribution is -2.12. The van der Waals surface area contributed by atoms with E-state index in [-0.39, 0.29) is 5.60 Å². The Balaban J connectivity index is 1.89. The maximum absolute atomic E-state index is 5.95. The SMILES string of the molecule is CCCCO[C@@]1(C)C[C@H]1c1ccccc1. The second kappa shape index (κ2) is 4.36. The number of hydrogen-bond acceptors (Lipinski definition) is 1. The highest BCUT2D eigenvalue weighted by Crippen LogP contribution is 2.53. The van der Waals surface area contributed by atoms with Crippen LogP contribution in [0.4, 0.5) is 0 Å². The standard InChI is InChI=1S/C14H20O/c1-3-4-10-15-14(2)11-13(14)12-8-6-5-7-9-12/h5-9,13H,3-4,10-11H2,1-2H3/t13-,14-/m0/s1. The van der Waals surface area contributed by atoms with Crippen molar-refractivity contribution in [2.45, 2.75) is 44.6 Å². The Hall–Kier alpha value is -0.820. The van der Waals surface area contributed by atoms with Crippen molar-refractivity contribution in [2.24, 2.45) is 0 Å². The first-order valence-electron chi connectivity index (χ1n) is 5.95. The molecule has 0 aromatic heterocycles. The molecule has 1 nitrogen and oxygen atoms in total. The fourth-order valence-corrected chi connectivity index (χ4v) is 2.11. The van der Waals surface area contributed by atoms with Gasteiger partial charge in [0.1, 0.15) is 0 Å². The first-order chi connectivity index (χ1) is 7.26. The number of ether oxygens (including phenoxy) is 1. The minimum absolute atomic E-state index is 0.122. The largest absolute Gasteiger partial charge is 0.375 e. The molecule has 0 bridgehead atoms. The lowest BCUT2D eigenvalue weighted by atomic mass is 10.1. The van der Waals surface area contributed by atoms with Crippen LogP contribution in [0.1, 0.15) is 44.6 Å². The lowest BCUT2D eigenvalue weighted by molar-refractivity contribution is 0.0398. The Morgan fingerprint density at radius 1 is 1.33 bits per heavy atom. The number of unbranched alkanes of at least 4 members (excludes halogenated alkanes) is 1. The van der Waals surface area contributed by atoms with Crippen molar-refractivity contribution in [2.75, 3.05) is 6.61 Å². The van der Waals surface area contributed by atoms with Gasteiger partial charge in [-0.25, -0.2) is 0 Å². The minimum Gasteiger partial charge on any atom is -0.375 e. The van der Waals surface area contributed by atoms with E-state index in [0.29, 0.717) is 5.92 Å². The van der Waals surface area contributed by atoms with E-state index in [9.17, 15) is 0 Å². The van der Waals surface area contributed by atoms with E-state index in [1.165, 1.54) is 24.8 Å². The summed E-state index contributed by atoms with van der Waals surface area (Å²) in [5, 5.41) is 0. The predicted octanol–water partition coefficient (Wildman–Crippen LogP) is 3.75. The van der Waals surface area contributed by atoms with Gasteiger partial charge in [-0.15, -0.1) is 0 Å². The summed E-state index contributed by atoms with van der Waals surface area (Å²) in [6, 6.07) is 10.7. The highest BCUT2D eigenvalue weighted by molar-refractivity contribution is 5.30. The van der Waals surface area contributed by atoms with E-state index in [4.69, 9.17) is 4.74 Å². The third-order valence-electron chi connectivity index (χ3n) is 3.32. The van der Waals surface area contributed by atoms with Crippen LogP contribution >= 0.6 is 0 Å². The number of hydrogen-bond donors (Lipinski definition) is 0. The van der Waals surface area contributed by atoms with Gasteiger partial charge in [-0.2, -0.15) is 0 Å². The van der Waals surface area contributed by atoms with E-state index >= 15 is 0 Å². The van der Waals surface area contributed by atoms with E-state index < -0.39 is 0 Å². The van der Waals surface area contributed by atoms with Crippen molar-refractivity contribution in [1.29, 1.82) is 0 Å². The van der Waals surface area contributed by atoms with E-state index in [1.54, 1.807) is 0 Å². The molecule has 1 fully saturated rings. The fraction of sp³-hybridized carbons (Fsp3) is 0.571. The first kappa shape index (κ1) is 10.7. The van der Waals surface area contributed by atoms with Gasteiger partial charge in [-0.3, -0.25) is 0 Å². The fourth-order valence-electron chi connectivity index (χ4n) is 2.11. The predicted molar refractivity (Wildman–Crippen MR) is 63.1 cm³/mol. The van der Waals surface area contributed by atoms with Crippen LogP contribution in [0.25, 0.3) is 0 Å². The van der Waals surface area contributed by atoms with E-state index in [2.05, 4.69) is 44.2 Å². The summed E-state index contributed by atoms with van der Waals surface area (Å²) in [6.45, 7) is 5.35. The molecule has 0 unspecified atom stereocenters. The van der Waals surface area contributed by atoms with Crippen LogP contribution in [0.2, 0.25) is 0 Å². The molecule has 2 rings (SSSR count). The van der Waals surface area contributed by atoms with Crippen molar-refractivity contribution in [3.05, 3.63) is 35.9 Å². The number of benzene rings is 1. The molecule has 1 aromatic rings. The van der Waals surface area contributed by atoms with Crippen molar-refractivity contribution in [3.8, 4) is 0 Å². The molecule has 1 aliphatic rings. The molecule has 1 heteroatoms. The molecule has 0 spiro atoms. The zero-order chi connectivity index (χ0) is 10.7. The topological polar surface area (TPSA) is 9.23 Å². The Morgan fingerprint density at radius 2 is 2.07 bits per heavy atom. The van der Waals surface area contributed by atoms with Gasteiger partial charge < -0.3 is 4.74 Å². The zero-order valence-electron chi connectivity index (χ0n) is 9.70. The van der Waals surface area contributed by atoms with Gasteiger partial charge in [0.25, 0.3) is 0 Å². The second-order valence-corrected chi connectivity index (χ2v) is 4.68. The van der Waals surface area contributed by atoms with E-state index in [1.807, 2.05) is 0 Å². The summed E-state index contributed by atoms with van der Waals surface area (Å²) in [6.07, 6.45) is 3.57. The van der Waals surface area contributed by atoms with Gasteiger partial charge in [-0.05, 0) is 25.3 Å². The maximum atomic E-state index is 5.95. The summed E-state index contributed by atoms with van der Waals surface area (Å²) < 4.78 is 5.95. The number of rotatable bonds is 5.